The zero-order valence-corrected chi connectivity index (χ0v) is 11.9. The molecule has 0 bridgehead atoms. The van der Waals surface area contributed by atoms with Crippen molar-refractivity contribution in [3.63, 3.8) is 0 Å². The Bertz CT molecular complexity index is 744. The Morgan fingerprint density at radius 1 is 0.900 bits per heavy atom. The normalized spacial score (nSPS) is 9.20. The number of ketones is 1. The van der Waals surface area contributed by atoms with Gasteiger partial charge >= 0.3 is 0 Å². The molecule has 0 heterocycles. The second-order valence-electron chi connectivity index (χ2n) is 3.77. The molecular weight excluding hydrogens is 288 g/mol. The standard InChI is InChI=1S/C15H8N2OS2/c18-15(11-5-2-1-3-6-11)12-7-4-8-13(16-9-19)14(12)17-10-20/h1-8H. The molecule has 0 N–H and O–H groups in total. The molecule has 2 rings (SSSR count). The van der Waals surface area contributed by atoms with Crippen LogP contribution in [0.2, 0.25) is 0 Å². The van der Waals surface area contributed by atoms with Gasteiger partial charge in [-0.1, -0.05) is 36.4 Å². The van der Waals surface area contributed by atoms with Gasteiger partial charge in [0, 0.05) is 5.56 Å². The second kappa shape index (κ2) is 6.75. The minimum absolute atomic E-state index is 0.156. The molecule has 0 spiro atoms. The molecule has 0 fully saturated rings. The van der Waals surface area contributed by atoms with E-state index in [9.17, 15) is 4.79 Å². The molecule has 2 aromatic carbocycles. The minimum Gasteiger partial charge on any atom is -0.289 e. The van der Waals surface area contributed by atoms with Gasteiger partial charge in [-0.15, -0.1) is 0 Å². The molecular formula is C15H8N2OS2. The molecule has 3 nitrogen and oxygen atoms in total. The van der Waals surface area contributed by atoms with E-state index in [1.165, 1.54) is 0 Å². The van der Waals surface area contributed by atoms with Crippen LogP contribution >= 0.6 is 24.4 Å². The summed E-state index contributed by atoms with van der Waals surface area (Å²) in [5.41, 5.74) is 1.77. The first-order valence-corrected chi connectivity index (χ1v) is 6.48. The predicted molar refractivity (Wildman–Crippen MR) is 85.7 cm³/mol. The Morgan fingerprint density at radius 2 is 1.60 bits per heavy atom. The van der Waals surface area contributed by atoms with E-state index in [4.69, 9.17) is 0 Å². The molecule has 96 valence electrons. The lowest BCUT2D eigenvalue weighted by Gasteiger charge is -2.06. The number of isothiocyanates is 2. The van der Waals surface area contributed by atoms with Crippen LogP contribution < -0.4 is 0 Å². The Morgan fingerprint density at radius 3 is 2.25 bits per heavy atom. The van der Waals surface area contributed by atoms with Crippen molar-refractivity contribution >= 4 is 51.9 Å². The quantitative estimate of drug-likeness (QED) is 0.477. The first-order valence-electron chi connectivity index (χ1n) is 5.66. The number of rotatable bonds is 4. The van der Waals surface area contributed by atoms with Gasteiger partial charge in [-0.25, -0.2) is 0 Å². The fraction of sp³-hybridized carbons (Fsp3) is 0. The zero-order chi connectivity index (χ0) is 14.4. The van der Waals surface area contributed by atoms with Gasteiger partial charge in [-0.2, -0.15) is 9.98 Å². The number of nitrogens with zero attached hydrogens (tertiary/aromatic N) is 2. The monoisotopic (exact) mass is 296 g/mol. The summed E-state index contributed by atoms with van der Waals surface area (Å²) < 4.78 is 0. The molecule has 0 radical (unpaired) electrons. The van der Waals surface area contributed by atoms with E-state index in [2.05, 4.69) is 44.7 Å². The summed E-state index contributed by atoms with van der Waals surface area (Å²) >= 11 is 9.22. The lowest BCUT2D eigenvalue weighted by Crippen LogP contribution is -2.01. The van der Waals surface area contributed by atoms with E-state index in [0.717, 1.165) is 0 Å². The third-order valence-corrected chi connectivity index (χ3v) is 2.80. The minimum atomic E-state index is -0.156. The molecule has 0 saturated heterocycles. The highest BCUT2D eigenvalue weighted by Crippen LogP contribution is 2.32. The number of thiocarbonyl (C=S) groups is 2. The molecule has 0 aliphatic carbocycles. The Labute approximate surface area is 126 Å². The van der Waals surface area contributed by atoms with E-state index < -0.39 is 0 Å². The topological polar surface area (TPSA) is 41.8 Å². The molecule has 0 saturated carbocycles. The van der Waals surface area contributed by atoms with E-state index in [1.807, 2.05) is 6.07 Å². The van der Waals surface area contributed by atoms with Gasteiger partial charge in [0.25, 0.3) is 0 Å². The van der Waals surface area contributed by atoms with Crippen molar-refractivity contribution < 1.29 is 4.79 Å². The van der Waals surface area contributed by atoms with E-state index in [1.54, 1.807) is 42.5 Å². The SMILES string of the molecule is O=C(c1ccccc1)c1cccc(N=C=S)c1N=C=S. The van der Waals surface area contributed by atoms with Crippen molar-refractivity contribution in [2.45, 2.75) is 0 Å². The maximum absolute atomic E-state index is 12.5. The summed E-state index contributed by atoms with van der Waals surface area (Å²) in [7, 11) is 0. The number of hydrogen-bond donors (Lipinski definition) is 0. The highest BCUT2D eigenvalue weighted by Gasteiger charge is 2.15. The van der Waals surface area contributed by atoms with Gasteiger partial charge in [0.2, 0.25) is 0 Å². The van der Waals surface area contributed by atoms with E-state index in [0.29, 0.717) is 22.5 Å². The summed E-state index contributed by atoms with van der Waals surface area (Å²) in [6.45, 7) is 0. The van der Waals surface area contributed by atoms with Crippen molar-refractivity contribution in [2.75, 3.05) is 0 Å². The average molecular weight is 296 g/mol. The summed E-state index contributed by atoms with van der Waals surface area (Å²) in [6.07, 6.45) is 0. The average Bonchev–Trinajstić information content (AvgIpc) is 2.49. The molecule has 0 atom stereocenters. The molecule has 0 aliphatic rings. The zero-order valence-electron chi connectivity index (χ0n) is 10.2. The van der Waals surface area contributed by atoms with Crippen LogP contribution in [0.3, 0.4) is 0 Å². The van der Waals surface area contributed by atoms with E-state index in [-0.39, 0.29) is 5.78 Å². The number of aliphatic imine (C=N–C) groups is 2. The van der Waals surface area contributed by atoms with Crippen LogP contribution in [0.4, 0.5) is 11.4 Å². The number of carbonyl (C=O) groups is 1. The fourth-order valence-electron chi connectivity index (χ4n) is 1.76. The maximum Gasteiger partial charge on any atom is 0.195 e. The largest absolute Gasteiger partial charge is 0.289 e. The molecule has 20 heavy (non-hydrogen) atoms. The van der Waals surface area contributed by atoms with Gasteiger partial charge in [0.1, 0.15) is 11.4 Å². The first-order chi connectivity index (χ1) is 9.77. The lowest BCUT2D eigenvalue weighted by molar-refractivity contribution is 0.103. The molecule has 0 aliphatic heterocycles. The third kappa shape index (κ3) is 2.99. The van der Waals surface area contributed by atoms with Crippen LogP contribution in [0.1, 0.15) is 15.9 Å². The van der Waals surface area contributed by atoms with Crippen molar-refractivity contribution in [3.8, 4) is 0 Å². The fourth-order valence-corrected chi connectivity index (χ4v) is 1.95. The van der Waals surface area contributed by atoms with Gasteiger partial charge in [-0.05, 0) is 36.6 Å². The van der Waals surface area contributed by atoms with Gasteiger partial charge < -0.3 is 0 Å². The summed E-state index contributed by atoms with van der Waals surface area (Å²) in [5, 5.41) is 4.53. The smallest absolute Gasteiger partial charge is 0.195 e. The van der Waals surface area contributed by atoms with Crippen molar-refractivity contribution in [1.29, 1.82) is 0 Å². The molecule has 0 unspecified atom stereocenters. The number of carbonyl (C=O) groups excluding carboxylic acids is 1. The van der Waals surface area contributed by atoms with Crippen LogP contribution in [0.15, 0.2) is 58.5 Å². The number of hydrogen-bond acceptors (Lipinski definition) is 5. The van der Waals surface area contributed by atoms with Crippen LogP contribution in [-0.2, 0) is 0 Å². The first kappa shape index (κ1) is 14.1. The maximum atomic E-state index is 12.5. The third-order valence-electron chi connectivity index (χ3n) is 2.62. The van der Waals surface area contributed by atoms with Crippen LogP contribution in [0.5, 0.6) is 0 Å². The van der Waals surface area contributed by atoms with Gasteiger partial charge in [0.15, 0.2) is 5.78 Å². The highest BCUT2D eigenvalue weighted by atomic mass is 32.1. The molecule has 0 amide bonds. The van der Waals surface area contributed by atoms with Crippen molar-refractivity contribution in [1.82, 2.24) is 0 Å². The predicted octanol–water partition coefficient (Wildman–Crippen LogP) is 4.39. The number of benzene rings is 2. The van der Waals surface area contributed by atoms with Crippen LogP contribution in [0.25, 0.3) is 0 Å². The Balaban J connectivity index is 2.62. The molecule has 5 heteroatoms. The van der Waals surface area contributed by atoms with Gasteiger partial charge in [-0.3, -0.25) is 4.79 Å². The molecule has 2 aromatic rings. The number of para-hydroxylation sites is 1. The van der Waals surface area contributed by atoms with Crippen LogP contribution in [-0.4, -0.2) is 16.1 Å². The van der Waals surface area contributed by atoms with E-state index >= 15 is 0 Å². The Hall–Kier alpha value is -2.29. The lowest BCUT2D eigenvalue weighted by atomic mass is 10.0. The molecule has 0 aromatic heterocycles. The van der Waals surface area contributed by atoms with Crippen molar-refractivity contribution in [2.24, 2.45) is 9.98 Å². The van der Waals surface area contributed by atoms with Gasteiger partial charge in [0.05, 0.1) is 15.9 Å². The summed E-state index contributed by atoms with van der Waals surface area (Å²) in [4.78, 5) is 20.3. The Kier molecular flexibility index (Phi) is 4.77. The second-order valence-corrected chi connectivity index (χ2v) is 4.14. The van der Waals surface area contributed by atoms with Crippen LogP contribution in [0, 0.1) is 0 Å². The highest BCUT2D eigenvalue weighted by molar-refractivity contribution is 7.78. The summed E-state index contributed by atoms with van der Waals surface area (Å²) in [5.74, 6) is -0.156. The van der Waals surface area contributed by atoms with Crippen molar-refractivity contribution in [3.05, 3.63) is 59.7 Å². The summed E-state index contributed by atoms with van der Waals surface area (Å²) in [6, 6.07) is 14.0.